The molecule has 3 unspecified atom stereocenters. The molecule has 35 nitrogen and oxygen atoms in total. The van der Waals surface area contributed by atoms with Gasteiger partial charge in [-0.15, -0.1) is 0 Å². The van der Waals surface area contributed by atoms with Crippen LogP contribution in [-0.4, -0.2) is 271 Å². The highest BCUT2D eigenvalue weighted by Crippen LogP contribution is 2.38. The summed E-state index contributed by atoms with van der Waals surface area (Å²) in [7, 11) is 2.86. The monoisotopic (exact) mass is 2060 g/mol. The minimum absolute atomic E-state index is 0.00886. The number of nitrogens with two attached hydrogens (primary N) is 2. The van der Waals surface area contributed by atoms with Gasteiger partial charge in [0.2, 0.25) is 17.8 Å². The summed E-state index contributed by atoms with van der Waals surface area (Å²) >= 11 is 10.2. The number of rotatable bonds is 31. The van der Waals surface area contributed by atoms with E-state index in [4.69, 9.17) is 39.7 Å². The smallest absolute Gasteiger partial charge is 0.496 e. The number of halogens is 3. The zero-order valence-corrected chi connectivity index (χ0v) is 87.0. The first kappa shape index (κ1) is 108. The third kappa shape index (κ3) is 32.4. The minimum atomic E-state index is -0.511. The fourth-order valence-corrected chi connectivity index (χ4v) is 15.9. The van der Waals surface area contributed by atoms with E-state index < -0.39 is 27.8 Å². The Kier molecular flexibility index (Phi) is 39.5. The Labute approximate surface area is 826 Å². The lowest BCUT2D eigenvalue weighted by Gasteiger charge is -2.35. The molecule has 738 valence electrons. The Morgan fingerprint density at radius 2 is 0.890 bits per heavy atom. The van der Waals surface area contributed by atoms with Crippen LogP contribution in [0.4, 0.5) is 44.9 Å². The zero-order chi connectivity index (χ0) is 98.8. The molecule has 0 spiro atoms. The molecular formula is C97H140BBr3N24O11. The molecule has 0 aliphatic carbocycles. The lowest BCUT2D eigenvalue weighted by molar-refractivity contribution is 0.00578. The molecule has 2 amide bonds. The second-order valence-electron chi connectivity index (χ2n) is 38.5. The maximum atomic E-state index is 12.2. The standard InChI is InChI=1S/C24H34N8O.C23H30BrN5O3.C21H34BN3O4.C15H22BrN3O2.C14H20BrN5O/c1-3-4-7-24(2,16-33)31-22-21-20(29-23(25)30-22)12-18(14-28-21)17-5-6-19(27-13-17)15-32-10-8-26-9-11-32;1-5-6-9-23(2,14-30)29-21-20-18(10-16(24)13-25-20)27-22(28-21)26-12-15-7-8-17(31-3)11-19(15)32-4;1-19(2,3)27-18(26)25-12-10-24(11-13-25)15-17-9-8-16(14-23-17)22-28-20(4,5)21(6,7)29-22;1-15(2,3)21-14(20)19-8-6-18(7-9-19)11-13-5-4-12(16)10-17-13;1-3-4-5-14(2,8-21)20-12-11-10(18-13(16)19-12)6-9(15)7-17-11/h5-6,12-14,26,33H,3-4,7-11,15-16H2,1-2H3,(H3,25,29,30,31);7-8,10-11,13,30H,5-6,9,12,14H2,1-4H3,(H2,26,27,28,29);8-9,14H,10-13,15H2,1-7H3;4-5,10H,6-9,11H2,1-3H3;6-7,21H,3-5,8H2,1-2H3,(H3,16,18,19,20). The summed E-state index contributed by atoms with van der Waals surface area (Å²) in [6.45, 7) is 44.9. The zero-order valence-electron chi connectivity index (χ0n) is 82.3. The van der Waals surface area contributed by atoms with Gasteiger partial charge in [-0.25, -0.2) is 34.5 Å². The van der Waals surface area contributed by atoms with Crippen LogP contribution in [0.25, 0.3) is 44.2 Å². The highest BCUT2D eigenvalue weighted by molar-refractivity contribution is 9.11. The fraction of sp³-hybridized carbons (Fsp3) is 0.546. The number of nitrogens with one attached hydrogen (secondary N) is 5. The number of aliphatic hydroxyl groups excluding tert-OH is 3. The molecule has 136 heavy (non-hydrogen) atoms. The average Bonchev–Trinajstić information content (AvgIpc) is 1.52. The van der Waals surface area contributed by atoms with Crippen LogP contribution >= 0.6 is 47.8 Å². The van der Waals surface area contributed by atoms with Gasteiger partial charge >= 0.3 is 19.3 Å². The second-order valence-corrected chi connectivity index (χ2v) is 41.2. The maximum Gasteiger partial charge on any atom is 0.496 e. The highest BCUT2D eigenvalue weighted by Gasteiger charge is 2.52. The van der Waals surface area contributed by atoms with Gasteiger partial charge in [0.25, 0.3) is 0 Å². The van der Waals surface area contributed by atoms with Gasteiger partial charge < -0.3 is 91.4 Å². The number of amides is 2. The molecule has 0 radical (unpaired) electrons. The van der Waals surface area contributed by atoms with Crippen LogP contribution in [0.3, 0.4) is 0 Å². The van der Waals surface area contributed by atoms with Crippen molar-refractivity contribution >= 4 is 141 Å². The Bertz CT molecular complexity index is 5480. The summed E-state index contributed by atoms with van der Waals surface area (Å²) in [5, 5.41) is 46.4. The number of carbonyl (C=O) groups excluding carboxylic acids is 2. The maximum absolute atomic E-state index is 12.2. The Morgan fingerprint density at radius 1 is 0.478 bits per heavy atom. The summed E-state index contributed by atoms with van der Waals surface area (Å²) in [4.78, 5) is 88.4. The number of nitrogen functional groups attached to an aromatic ring is 2. The topological polar surface area (TPSA) is 433 Å². The van der Waals surface area contributed by atoms with Gasteiger partial charge in [0.15, 0.2) is 17.5 Å². The van der Waals surface area contributed by atoms with E-state index >= 15 is 0 Å². The molecule has 0 saturated carbocycles. The van der Waals surface area contributed by atoms with Crippen molar-refractivity contribution in [1.29, 1.82) is 0 Å². The van der Waals surface area contributed by atoms with E-state index in [9.17, 15) is 24.9 Å². The molecule has 4 saturated heterocycles. The number of carbonyl (C=O) groups is 2. The van der Waals surface area contributed by atoms with Crippen molar-refractivity contribution in [3.05, 3.63) is 146 Å². The molecule has 13 heterocycles. The summed E-state index contributed by atoms with van der Waals surface area (Å²) < 4.78 is 36.4. The van der Waals surface area contributed by atoms with Crippen LogP contribution in [0.5, 0.6) is 11.5 Å². The van der Waals surface area contributed by atoms with Gasteiger partial charge in [-0.2, -0.15) is 15.0 Å². The van der Waals surface area contributed by atoms with Crippen LogP contribution < -0.4 is 53.0 Å². The van der Waals surface area contributed by atoms with Gasteiger partial charge in [-0.05, 0) is 212 Å². The predicted octanol–water partition coefficient (Wildman–Crippen LogP) is 15.2. The summed E-state index contributed by atoms with van der Waals surface area (Å²) in [5.41, 5.74) is 19.5. The molecule has 4 aliphatic heterocycles. The number of pyridine rings is 6. The number of aromatic nitrogens is 12. The van der Waals surface area contributed by atoms with E-state index in [2.05, 4.69) is 182 Å². The lowest BCUT2D eigenvalue weighted by atomic mass is 9.80. The SMILES string of the molecule is CC(C)(C)OC(=O)N1CCN(Cc2ccc(B3OC(C)(C)C(C)(C)O3)cn2)CC1.CC(C)(C)OC(=O)N1CCN(Cc2ccc(Br)cn2)CC1.CCCCC(C)(CO)Nc1nc(N)nc2cc(-c3ccc(CN4CCNCC4)nc3)cnc12.CCCCC(C)(CO)Nc1nc(N)nc2cc(Br)cnc12.CCCCC(C)(CO)Nc1nc(NCc2ccc(OC)cc2OC)nc2cc(Br)cnc12. The third-order valence-electron chi connectivity index (χ3n) is 23.8. The quantitative estimate of drug-likeness (QED) is 0.0180. The first-order valence-electron chi connectivity index (χ1n) is 46.7. The van der Waals surface area contributed by atoms with Crippen LogP contribution in [0, 0.1) is 0 Å². The summed E-state index contributed by atoms with van der Waals surface area (Å²) in [6.07, 6.45) is 18.9. The largest absolute Gasteiger partial charge is 0.497 e. The molecule has 9 aromatic heterocycles. The van der Waals surface area contributed by atoms with E-state index in [1.165, 1.54) is 0 Å². The van der Waals surface area contributed by atoms with Crippen LogP contribution in [0.15, 0.2) is 123 Å². The van der Waals surface area contributed by atoms with Crippen molar-refractivity contribution in [3.8, 4) is 22.6 Å². The predicted molar refractivity (Wildman–Crippen MR) is 548 cm³/mol. The number of hydrogen-bond donors (Lipinski definition) is 10. The Balaban J connectivity index is 0.000000178. The number of anilines is 6. The van der Waals surface area contributed by atoms with Crippen molar-refractivity contribution in [3.63, 3.8) is 0 Å². The molecular weight excluding hydrogens is 1930 g/mol. The van der Waals surface area contributed by atoms with Crippen molar-refractivity contribution in [1.82, 2.24) is 89.6 Å². The number of benzene rings is 1. The molecule has 4 fully saturated rings. The fourth-order valence-electron chi connectivity index (χ4n) is 15.0. The molecule has 4 aliphatic rings. The van der Waals surface area contributed by atoms with Crippen molar-refractivity contribution < 1.29 is 53.2 Å². The van der Waals surface area contributed by atoms with E-state index in [-0.39, 0.29) is 62.2 Å². The van der Waals surface area contributed by atoms with Crippen molar-refractivity contribution in [2.24, 2.45) is 0 Å². The lowest BCUT2D eigenvalue weighted by Crippen LogP contribution is -2.49. The Morgan fingerprint density at radius 3 is 1.30 bits per heavy atom. The van der Waals surface area contributed by atoms with Crippen LogP contribution in [0.1, 0.15) is 191 Å². The van der Waals surface area contributed by atoms with Gasteiger partial charge in [0, 0.05) is 184 Å². The van der Waals surface area contributed by atoms with E-state index in [0.29, 0.717) is 95.0 Å². The number of unbranched alkanes of at least 4 members (excludes halogenated alkanes) is 3. The molecule has 10 aromatic rings. The van der Waals surface area contributed by atoms with Crippen LogP contribution in [0.2, 0.25) is 0 Å². The van der Waals surface area contributed by atoms with Crippen molar-refractivity contribution in [2.75, 3.05) is 145 Å². The molecule has 3 atom stereocenters. The third-order valence-corrected chi connectivity index (χ3v) is 25.1. The normalized spacial score (nSPS) is 16.5. The minimum Gasteiger partial charge on any atom is -0.497 e. The molecule has 14 rings (SSSR count). The summed E-state index contributed by atoms with van der Waals surface area (Å²) in [6, 6.07) is 23.6. The molecule has 12 N–H and O–H groups in total. The highest BCUT2D eigenvalue weighted by atomic mass is 79.9. The number of fused-ring (bicyclic) bond motifs is 3. The average molecular weight is 2070 g/mol. The number of aliphatic hydroxyl groups is 3. The van der Waals surface area contributed by atoms with E-state index in [1.54, 1.807) is 36.4 Å². The van der Waals surface area contributed by atoms with Gasteiger partial charge in [0.05, 0.1) is 95.5 Å². The summed E-state index contributed by atoms with van der Waals surface area (Å²) in [5.74, 6) is 3.93. The first-order chi connectivity index (χ1) is 64.6. The number of piperazine rings is 3. The molecule has 39 heteroatoms. The van der Waals surface area contributed by atoms with Crippen molar-refractivity contribution in [2.45, 2.75) is 234 Å². The Hall–Kier alpha value is -9.78. The van der Waals surface area contributed by atoms with Gasteiger partial charge in [0.1, 0.15) is 39.3 Å². The molecule has 1 aromatic carbocycles. The molecule has 0 bridgehead atoms. The number of methoxy groups -OCH3 is 2. The number of hydrogen-bond acceptors (Lipinski definition) is 33. The number of nitrogens with zero attached hydrogens (tertiary/aromatic N) is 17. The van der Waals surface area contributed by atoms with Crippen LogP contribution in [-0.2, 0) is 45.0 Å². The van der Waals surface area contributed by atoms with Gasteiger partial charge in [-0.3, -0.25) is 34.6 Å². The number of ether oxygens (including phenoxy) is 4. The van der Waals surface area contributed by atoms with Gasteiger partial charge in [-0.1, -0.05) is 71.4 Å². The van der Waals surface area contributed by atoms with E-state index in [0.717, 1.165) is 188 Å². The second kappa shape index (κ2) is 49.7. The first-order valence-corrected chi connectivity index (χ1v) is 49.1. The van der Waals surface area contributed by atoms with E-state index in [1.807, 2.05) is 175 Å².